The van der Waals surface area contributed by atoms with Crippen LogP contribution in [0.1, 0.15) is 18.4 Å². The molecule has 0 saturated carbocycles. The van der Waals surface area contributed by atoms with E-state index in [0.717, 1.165) is 5.56 Å². The van der Waals surface area contributed by atoms with Gasteiger partial charge in [0.25, 0.3) is 5.91 Å². The van der Waals surface area contributed by atoms with Gasteiger partial charge in [-0.2, -0.15) is 0 Å². The van der Waals surface area contributed by atoms with E-state index in [0.29, 0.717) is 24.4 Å². The molecule has 2 rings (SSSR count). The van der Waals surface area contributed by atoms with Gasteiger partial charge in [-0.05, 0) is 31.0 Å². The fourth-order valence-corrected chi connectivity index (χ4v) is 2.18. The van der Waals surface area contributed by atoms with Gasteiger partial charge < -0.3 is 19.8 Å². The van der Waals surface area contributed by atoms with Crippen LogP contribution in [0.25, 0.3) is 0 Å². The van der Waals surface area contributed by atoms with Crippen LogP contribution in [0.15, 0.2) is 18.2 Å². The van der Waals surface area contributed by atoms with Gasteiger partial charge in [-0.3, -0.25) is 9.59 Å². The highest BCUT2D eigenvalue weighted by molar-refractivity contribution is 6.01. The van der Waals surface area contributed by atoms with Gasteiger partial charge in [0.15, 0.2) is 6.10 Å². The lowest BCUT2D eigenvalue weighted by atomic mass is 10.1. The summed E-state index contributed by atoms with van der Waals surface area (Å²) in [6, 6.07) is 5.42. The van der Waals surface area contributed by atoms with Crippen LogP contribution in [0.4, 0.5) is 5.69 Å². The third-order valence-electron chi connectivity index (χ3n) is 3.12. The highest BCUT2D eigenvalue weighted by Gasteiger charge is 2.35. The molecule has 0 saturated heterocycles. The number of rotatable bonds is 5. The Hall–Kier alpha value is -2.08. The second kappa shape index (κ2) is 5.92. The first kappa shape index (κ1) is 14.3. The number of aliphatic hydroxyl groups is 1. The number of carbonyl (C=O) groups excluding carboxylic acids is 1. The van der Waals surface area contributed by atoms with Crippen molar-refractivity contribution in [3.05, 3.63) is 23.8 Å². The average Bonchev–Trinajstić information content (AvgIpc) is 2.38. The number of fused-ring (bicyclic) bond motifs is 1. The summed E-state index contributed by atoms with van der Waals surface area (Å²) in [7, 11) is 0. The lowest BCUT2D eigenvalue weighted by Gasteiger charge is -2.34. The Morgan fingerprint density at radius 2 is 2.20 bits per heavy atom. The zero-order chi connectivity index (χ0) is 14.7. The van der Waals surface area contributed by atoms with E-state index in [2.05, 4.69) is 0 Å². The molecule has 1 amide bonds. The van der Waals surface area contributed by atoms with Crippen molar-refractivity contribution in [2.75, 3.05) is 18.1 Å². The minimum Gasteiger partial charge on any atom is -0.481 e. The van der Waals surface area contributed by atoms with Gasteiger partial charge >= 0.3 is 5.97 Å². The Kier molecular flexibility index (Phi) is 4.24. The minimum atomic E-state index is -1.08. The number of carbonyl (C=O) groups is 2. The Balaban J connectivity index is 2.33. The molecule has 0 spiro atoms. The van der Waals surface area contributed by atoms with Crippen LogP contribution in [0.5, 0.6) is 5.75 Å². The summed E-state index contributed by atoms with van der Waals surface area (Å²) in [6.07, 6.45) is -0.957. The zero-order valence-electron chi connectivity index (χ0n) is 11.2. The van der Waals surface area contributed by atoms with Crippen molar-refractivity contribution in [3.8, 4) is 5.75 Å². The quantitative estimate of drug-likeness (QED) is 0.837. The summed E-state index contributed by atoms with van der Waals surface area (Å²) in [5.41, 5.74) is 1.59. The molecular formula is C14H17NO5. The van der Waals surface area contributed by atoms with Crippen LogP contribution in [-0.2, 0) is 9.59 Å². The molecule has 20 heavy (non-hydrogen) atoms. The number of carboxylic acids is 1. The first-order valence-corrected chi connectivity index (χ1v) is 6.44. The number of nitrogens with zero attached hydrogens (tertiary/aromatic N) is 1. The maximum atomic E-state index is 12.3. The summed E-state index contributed by atoms with van der Waals surface area (Å²) in [4.78, 5) is 24.6. The minimum absolute atomic E-state index is 0.0323. The third-order valence-corrected chi connectivity index (χ3v) is 3.12. The molecule has 2 N–H and O–H groups in total. The Labute approximate surface area is 116 Å². The molecule has 1 aromatic carbocycles. The number of anilines is 1. The van der Waals surface area contributed by atoms with Crippen molar-refractivity contribution in [1.82, 2.24) is 0 Å². The van der Waals surface area contributed by atoms with Gasteiger partial charge in [0.05, 0.1) is 12.1 Å². The molecular weight excluding hydrogens is 262 g/mol. The smallest absolute Gasteiger partial charge is 0.307 e. The molecule has 1 unspecified atom stereocenters. The van der Waals surface area contributed by atoms with E-state index in [1.807, 2.05) is 13.0 Å². The molecule has 0 aliphatic carbocycles. The fraction of sp³-hybridized carbons (Fsp3) is 0.429. The van der Waals surface area contributed by atoms with E-state index in [9.17, 15) is 9.59 Å². The van der Waals surface area contributed by atoms with Crippen molar-refractivity contribution in [3.63, 3.8) is 0 Å². The summed E-state index contributed by atoms with van der Waals surface area (Å²) < 4.78 is 5.51. The first-order valence-electron chi connectivity index (χ1n) is 6.44. The molecule has 1 atom stereocenters. The predicted molar refractivity (Wildman–Crippen MR) is 71.9 cm³/mol. The van der Waals surface area contributed by atoms with Crippen molar-refractivity contribution in [2.45, 2.75) is 25.9 Å². The molecule has 0 bridgehead atoms. The maximum Gasteiger partial charge on any atom is 0.307 e. The van der Waals surface area contributed by atoms with Crippen LogP contribution < -0.4 is 9.64 Å². The van der Waals surface area contributed by atoms with Gasteiger partial charge in [-0.1, -0.05) is 6.07 Å². The van der Waals surface area contributed by atoms with E-state index in [1.165, 1.54) is 4.90 Å². The number of aliphatic hydroxyl groups excluding tert-OH is 1. The second-order valence-corrected chi connectivity index (χ2v) is 4.74. The normalized spacial score (nSPS) is 17.6. The Bertz CT molecular complexity index is 528. The van der Waals surface area contributed by atoms with Crippen LogP contribution in [-0.4, -0.2) is 41.3 Å². The van der Waals surface area contributed by atoms with Crippen molar-refractivity contribution < 1.29 is 24.5 Å². The Morgan fingerprint density at radius 1 is 1.45 bits per heavy atom. The molecule has 1 aliphatic heterocycles. The van der Waals surface area contributed by atoms with Crippen LogP contribution in [0.3, 0.4) is 0 Å². The van der Waals surface area contributed by atoms with Gasteiger partial charge in [0.2, 0.25) is 0 Å². The number of amides is 1. The number of ether oxygens (including phenoxy) is 1. The van der Waals surface area contributed by atoms with E-state index >= 15 is 0 Å². The molecule has 6 nitrogen and oxygen atoms in total. The molecule has 6 heteroatoms. The number of aryl methyl sites for hydroxylation is 1. The van der Waals surface area contributed by atoms with Gasteiger partial charge in [-0.25, -0.2) is 0 Å². The summed E-state index contributed by atoms with van der Waals surface area (Å²) >= 11 is 0. The standard InChI is InChI=1S/C14H17NO5/c1-9-3-4-10-11(7-9)20-12(8-13(17)18)14(19)15(10)5-2-6-16/h3-4,7,12,16H,2,5-6,8H2,1H3,(H,17,18). The van der Waals surface area contributed by atoms with Crippen molar-refractivity contribution in [2.24, 2.45) is 0 Å². The summed E-state index contributed by atoms with van der Waals surface area (Å²) in [6.45, 7) is 2.20. The number of hydrogen-bond donors (Lipinski definition) is 2. The fourth-order valence-electron chi connectivity index (χ4n) is 2.18. The second-order valence-electron chi connectivity index (χ2n) is 4.74. The SMILES string of the molecule is Cc1ccc2c(c1)OC(CC(=O)O)C(=O)N2CCCO. The molecule has 1 heterocycles. The average molecular weight is 279 g/mol. The highest BCUT2D eigenvalue weighted by Crippen LogP contribution is 2.35. The monoisotopic (exact) mass is 279 g/mol. The van der Waals surface area contributed by atoms with E-state index in [-0.39, 0.29) is 18.9 Å². The Morgan fingerprint density at radius 3 is 2.85 bits per heavy atom. The highest BCUT2D eigenvalue weighted by atomic mass is 16.5. The first-order chi connectivity index (χ1) is 9.52. The number of hydrogen-bond acceptors (Lipinski definition) is 4. The number of carboxylic acid groups (broad SMARTS) is 1. The molecule has 0 radical (unpaired) electrons. The van der Waals surface area contributed by atoms with Crippen LogP contribution in [0.2, 0.25) is 0 Å². The number of aliphatic carboxylic acids is 1. The largest absolute Gasteiger partial charge is 0.481 e. The summed E-state index contributed by atoms with van der Waals surface area (Å²) in [5.74, 6) is -0.951. The predicted octanol–water partition coefficient (Wildman–Crippen LogP) is 0.946. The van der Waals surface area contributed by atoms with Gasteiger partial charge in [0.1, 0.15) is 5.75 Å². The topological polar surface area (TPSA) is 87.1 Å². The zero-order valence-corrected chi connectivity index (χ0v) is 11.2. The third kappa shape index (κ3) is 2.91. The lowest BCUT2D eigenvalue weighted by Crippen LogP contribution is -2.47. The lowest BCUT2D eigenvalue weighted by molar-refractivity contribution is -0.142. The van der Waals surface area contributed by atoms with Crippen LogP contribution >= 0.6 is 0 Å². The van der Waals surface area contributed by atoms with Crippen molar-refractivity contribution in [1.29, 1.82) is 0 Å². The van der Waals surface area contributed by atoms with Crippen LogP contribution in [0, 0.1) is 6.92 Å². The van der Waals surface area contributed by atoms with Gasteiger partial charge in [0, 0.05) is 13.2 Å². The van der Waals surface area contributed by atoms with E-state index in [1.54, 1.807) is 12.1 Å². The molecule has 1 aromatic rings. The maximum absolute atomic E-state index is 12.3. The molecule has 0 aromatic heterocycles. The molecule has 0 fully saturated rings. The summed E-state index contributed by atoms with van der Waals surface area (Å²) in [5, 5.41) is 17.8. The van der Waals surface area contributed by atoms with Gasteiger partial charge in [-0.15, -0.1) is 0 Å². The number of benzene rings is 1. The van der Waals surface area contributed by atoms with E-state index in [4.69, 9.17) is 14.9 Å². The van der Waals surface area contributed by atoms with E-state index < -0.39 is 12.1 Å². The molecule has 1 aliphatic rings. The van der Waals surface area contributed by atoms with Crippen molar-refractivity contribution >= 4 is 17.6 Å². The molecule has 108 valence electrons.